The number of piperidine rings is 1. The number of alkyl carbamates (subject to hydrolysis) is 1. The van der Waals surface area contributed by atoms with E-state index in [9.17, 15) is 4.79 Å². The largest absolute Gasteiger partial charge is 0.444 e. The van der Waals surface area contributed by atoms with Gasteiger partial charge in [0, 0.05) is 19.1 Å². The van der Waals surface area contributed by atoms with Gasteiger partial charge in [0.2, 0.25) is 0 Å². The van der Waals surface area contributed by atoms with Crippen molar-refractivity contribution in [1.29, 1.82) is 0 Å². The molecule has 4 nitrogen and oxygen atoms in total. The summed E-state index contributed by atoms with van der Waals surface area (Å²) in [6, 6.07) is 0.300. The summed E-state index contributed by atoms with van der Waals surface area (Å²) in [5.74, 6) is 0.637. The zero-order chi connectivity index (χ0) is 11.1. The quantitative estimate of drug-likeness (QED) is 0.710. The summed E-state index contributed by atoms with van der Waals surface area (Å²) in [5, 5.41) is 2.96. The molecule has 2 heterocycles. The Labute approximate surface area is 91.0 Å². The molecule has 0 saturated carbocycles. The third-order valence-corrected chi connectivity index (χ3v) is 3.03. The molecule has 86 valence electrons. The van der Waals surface area contributed by atoms with Crippen molar-refractivity contribution in [3.05, 3.63) is 0 Å². The van der Waals surface area contributed by atoms with Crippen LogP contribution >= 0.6 is 0 Å². The van der Waals surface area contributed by atoms with Crippen molar-refractivity contribution in [2.75, 3.05) is 19.6 Å². The number of fused-ring (bicyclic) bond motifs is 2. The molecule has 1 N–H and O–H groups in total. The molecular weight excluding hydrogens is 192 g/mol. The van der Waals surface area contributed by atoms with Gasteiger partial charge in [0.1, 0.15) is 5.60 Å². The van der Waals surface area contributed by atoms with Crippen LogP contribution in [-0.2, 0) is 4.74 Å². The molecule has 0 radical (unpaired) electrons. The fraction of sp³-hybridized carbons (Fsp3) is 0.909. The lowest BCUT2D eigenvalue weighted by Gasteiger charge is -2.25. The number of rotatable bonds is 1. The molecular formula is C11H20N2O2. The highest BCUT2D eigenvalue weighted by Gasteiger charge is 2.39. The molecule has 3 atom stereocenters. The van der Waals surface area contributed by atoms with E-state index in [1.54, 1.807) is 0 Å². The van der Waals surface area contributed by atoms with Gasteiger partial charge in [-0.15, -0.1) is 0 Å². The molecule has 0 aromatic carbocycles. The summed E-state index contributed by atoms with van der Waals surface area (Å²) in [4.78, 5) is 13.9. The highest BCUT2D eigenvalue weighted by atomic mass is 16.6. The van der Waals surface area contributed by atoms with Crippen LogP contribution in [0.3, 0.4) is 0 Å². The van der Waals surface area contributed by atoms with E-state index in [1.165, 1.54) is 13.0 Å². The Bertz CT molecular complexity index is 260. The van der Waals surface area contributed by atoms with E-state index < -0.39 is 5.60 Å². The van der Waals surface area contributed by atoms with E-state index in [0.717, 1.165) is 13.1 Å². The molecule has 2 bridgehead atoms. The van der Waals surface area contributed by atoms with Crippen LogP contribution in [0.5, 0.6) is 0 Å². The number of nitrogens with one attached hydrogen (secondary N) is 1. The van der Waals surface area contributed by atoms with Gasteiger partial charge in [-0.2, -0.15) is 0 Å². The average molecular weight is 212 g/mol. The van der Waals surface area contributed by atoms with Gasteiger partial charge in [-0.1, -0.05) is 0 Å². The topological polar surface area (TPSA) is 41.6 Å². The highest BCUT2D eigenvalue weighted by Crippen LogP contribution is 2.27. The fourth-order valence-corrected chi connectivity index (χ4v) is 2.41. The van der Waals surface area contributed by atoms with E-state index in [2.05, 4.69) is 10.2 Å². The van der Waals surface area contributed by atoms with Crippen LogP contribution < -0.4 is 5.32 Å². The predicted molar refractivity (Wildman–Crippen MR) is 57.7 cm³/mol. The maximum Gasteiger partial charge on any atom is 0.407 e. The summed E-state index contributed by atoms with van der Waals surface area (Å²) in [6.45, 7) is 8.98. The van der Waals surface area contributed by atoms with Crippen LogP contribution in [-0.4, -0.2) is 42.3 Å². The monoisotopic (exact) mass is 212 g/mol. The Hall–Kier alpha value is -0.770. The van der Waals surface area contributed by atoms with Crippen LogP contribution in [0.25, 0.3) is 0 Å². The van der Waals surface area contributed by atoms with E-state index in [0.29, 0.717) is 12.0 Å². The van der Waals surface area contributed by atoms with Gasteiger partial charge in [0.25, 0.3) is 0 Å². The van der Waals surface area contributed by atoms with Crippen LogP contribution in [0.4, 0.5) is 4.79 Å². The van der Waals surface area contributed by atoms with Crippen LogP contribution in [0.15, 0.2) is 0 Å². The lowest BCUT2D eigenvalue weighted by molar-refractivity contribution is 0.0489. The molecule has 2 fully saturated rings. The lowest BCUT2D eigenvalue weighted by atomic mass is 10.0. The standard InChI is InChI=1S/C11H20N2O2/c1-11(2,3)15-10(14)12-9-7-13-5-4-8(9)6-13/h8-9H,4-7H2,1-3H3,(H,12,14)/t8-,9+/m1/s1. The second-order valence-corrected chi connectivity index (χ2v) is 5.56. The SMILES string of the molecule is CC(C)(C)OC(=O)N[C@H]1CN2CC[C@@H]1C2. The number of hydrogen-bond donors (Lipinski definition) is 1. The van der Waals surface area contributed by atoms with Crippen LogP contribution in [0, 0.1) is 5.92 Å². The van der Waals surface area contributed by atoms with Gasteiger partial charge < -0.3 is 15.0 Å². The van der Waals surface area contributed by atoms with Gasteiger partial charge in [-0.3, -0.25) is 0 Å². The molecule has 1 unspecified atom stereocenters. The van der Waals surface area contributed by atoms with E-state index in [1.807, 2.05) is 20.8 Å². The van der Waals surface area contributed by atoms with Crippen LogP contribution in [0.2, 0.25) is 0 Å². The molecule has 15 heavy (non-hydrogen) atoms. The minimum Gasteiger partial charge on any atom is -0.444 e. The average Bonchev–Trinajstić information content (AvgIpc) is 2.60. The first-order chi connectivity index (χ1) is 6.94. The molecule has 0 aromatic heterocycles. The Balaban J connectivity index is 1.80. The van der Waals surface area contributed by atoms with E-state index >= 15 is 0 Å². The van der Waals surface area contributed by atoms with Gasteiger partial charge in [-0.05, 0) is 39.7 Å². The Morgan fingerprint density at radius 1 is 1.40 bits per heavy atom. The van der Waals surface area contributed by atoms with Crippen molar-refractivity contribution in [3.63, 3.8) is 0 Å². The summed E-state index contributed by atoms with van der Waals surface area (Å²) in [5.41, 5.74) is -0.401. The number of hydrogen-bond acceptors (Lipinski definition) is 3. The minimum atomic E-state index is -0.401. The molecule has 0 aromatic rings. The Kier molecular flexibility index (Phi) is 2.63. The molecule has 4 heteroatoms. The van der Waals surface area contributed by atoms with Crippen molar-refractivity contribution < 1.29 is 9.53 Å². The van der Waals surface area contributed by atoms with Crippen molar-refractivity contribution >= 4 is 6.09 Å². The van der Waals surface area contributed by atoms with Crippen molar-refractivity contribution in [2.45, 2.75) is 38.8 Å². The number of nitrogens with zero attached hydrogens (tertiary/aromatic N) is 1. The maximum absolute atomic E-state index is 11.5. The summed E-state index contributed by atoms with van der Waals surface area (Å²) < 4.78 is 5.24. The minimum absolute atomic E-state index is 0.277. The smallest absolute Gasteiger partial charge is 0.407 e. The van der Waals surface area contributed by atoms with Gasteiger partial charge in [0.05, 0.1) is 0 Å². The number of amides is 1. The van der Waals surface area contributed by atoms with Gasteiger partial charge >= 0.3 is 6.09 Å². The third kappa shape index (κ3) is 2.62. The van der Waals surface area contributed by atoms with E-state index in [4.69, 9.17) is 4.74 Å². The molecule has 1 amide bonds. The molecule has 2 rings (SSSR count). The molecule has 2 aliphatic heterocycles. The molecule has 2 saturated heterocycles. The van der Waals surface area contributed by atoms with Crippen LogP contribution in [0.1, 0.15) is 27.2 Å². The molecule has 0 spiro atoms. The number of carbonyl (C=O) groups is 1. The third-order valence-electron chi connectivity index (χ3n) is 3.03. The predicted octanol–water partition coefficient (Wildman–Crippen LogP) is 1.22. The summed E-state index contributed by atoms with van der Waals surface area (Å²) in [7, 11) is 0. The zero-order valence-corrected chi connectivity index (χ0v) is 9.75. The normalized spacial score (nSPS) is 34.2. The number of carbonyl (C=O) groups excluding carboxylic acids is 1. The van der Waals surface area contributed by atoms with Crippen molar-refractivity contribution in [3.8, 4) is 0 Å². The van der Waals surface area contributed by atoms with Crippen molar-refractivity contribution in [2.24, 2.45) is 5.92 Å². The first-order valence-corrected chi connectivity index (χ1v) is 5.66. The molecule has 0 aliphatic carbocycles. The van der Waals surface area contributed by atoms with E-state index in [-0.39, 0.29) is 6.09 Å². The second kappa shape index (κ2) is 3.67. The highest BCUT2D eigenvalue weighted by molar-refractivity contribution is 5.68. The zero-order valence-electron chi connectivity index (χ0n) is 9.75. The second-order valence-electron chi connectivity index (χ2n) is 5.56. The first-order valence-electron chi connectivity index (χ1n) is 5.66. The summed E-state index contributed by atoms with van der Waals surface area (Å²) in [6.07, 6.45) is 0.932. The first kappa shape index (κ1) is 10.7. The Morgan fingerprint density at radius 2 is 2.13 bits per heavy atom. The molecule has 2 aliphatic rings. The fourth-order valence-electron chi connectivity index (χ4n) is 2.41. The van der Waals surface area contributed by atoms with Gasteiger partial charge in [-0.25, -0.2) is 4.79 Å². The number of ether oxygens (including phenoxy) is 1. The lowest BCUT2D eigenvalue weighted by Crippen LogP contribution is -2.45. The Morgan fingerprint density at radius 3 is 2.60 bits per heavy atom. The van der Waals surface area contributed by atoms with Crippen molar-refractivity contribution in [1.82, 2.24) is 10.2 Å². The van der Waals surface area contributed by atoms with Gasteiger partial charge in [0.15, 0.2) is 0 Å². The summed E-state index contributed by atoms with van der Waals surface area (Å²) >= 11 is 0. The maximum atomic E-state index is 11.5.